The van der Waals surface area contributed by atoms with Crippen molar-refractivity contribution < 1.29 is 24.2 Å². The summed E-state index contributed by atoms with van der Waals surface area (Å²) in [6, 6.07) is 15.1. The molecular formula is C25H26N4O5. The molecule has 0 radical (unpaired) electrons. The minimum Gasteiger partial charge on any atom is -0.480 e. The summed E-state index contributed by atoms with van der Waals surface area (Å²) < 4.78 is 6.90. The molecule has 0 saturated heterocycles. The van der Waals surface area contributed by atoms with Gasteiger partial charge in [0.05, 0.1) is 12.7 Å². The molecule has 1 aromatic heterocycles. The van der Waals surface area contributed by atoms with E-state index in [-0.39, 0.29) is 24.8 Å². The summed E-state index contributed by atoms with van der Waals surface area (Å²) >= 11 is 0. The van der Waals surface area contributed by atoms with Crippen LogP contribution in [0.4, 0.5) is 4.79 Å². The summed E-state index contributed by atoms with van der Waals surface area (Å²) in [6.07, 6.45) is 0.854. The van der Waals surface area contributed by atoms with Crippen LogP contribution in [0, 0.1) is 0 Å². The molecular weight excluding hydrogens is 436 g/mol. The molecule has 4 rings (SSSR count). The van der Waals surface area contributed by atoms with Crippen molar-refractivity contribution in [2.45, 2.75) is 25.4 Å². The lowest BCUT2D eigenvalue weighted by atomic mass is 9.98. The maximum absolute atomic E-state index is 12.8. The molecule has 2 aromatic carbocycles. The van der Waals surface area contributed by atoms with Crippen molar-refractivity contribution in [3.63, 3.8) is 0 Å². The predicted molar refractivity (Wildman–Crippen MR) is 124 cm³/mol. The second kappa shape index (κ2) is 9.38. The van der Waals surface area contributed by atoms with Gasteiger partial charge in [-0.05, 0) is 29.2 Å². The Kier molecular flexibility index (Phi) is 6.36. The van der Waals surface area contributed by atoms with Crippen molar-refractivity contribution in [1.82, 2.24) is 20.0 Å². The lowest BCUT2D eigenvalue weighted by Gasteiger charge is -2.22. The number of likely N-dealkylation sites (N-methyl/N-ethyl adjacent to an activating group) is 1. The van der Waals surface area contributed by atoms with Crippen LogP contribution in [0.1, 0.15) is 40.0 Å². The highest BCUT2D eigenvalue weighted by Crippen LogP contribution is 2.44. The van der Waals surface area contributed by atoms with Crippen LogP contribution in [-0.2, 0) is 23.1 Å². The van der Waals surface area contributed by atoms with E-state index in [1.54, 1.807) is 7.05 Å². The number of carboxylic acid groups (broad SMARTS) is 1. The van der Waals surface area contributed by atoms with Gasteiger partial charge in [-0.25, -0.2) is 9.59 Å². The SMILES string of the molecule is CC(C(=O)O)N(C)C(=O)c1c(CNC(=O)OCC2c3ccccc3-c3ccccc32)cnn1C. The standard InChI is InChI=1S/C25H26N4O5/c1-15(24(31)32)28(2)23(30)22-16(13-27-29(22)3)12-26-25(33)34-14-21-19-10-6-4-8-17(19)18-9-5-7-11-20(18)21/h4-11,13,15,21H,12,14H2,1-3H3,(H,26,33)(H,31,32). The Morgan fingerprint density at radius 3 is 2.29 bits per heavy atom. The zero-order valence-corrected chi connectivity index (χ0v) is 19.2. The highest BCUT2D eigenvalue weighted by molar-refractivity contribution is 5.96. The minimum atomic E-state index is -1.11. The molecule has 2 N–H and O–H groups in total. The molecule has 34 heavy (non-hydrogen) atoms. The summed E-state index contributed by atoms with van der Waals surface area (Å²) in [7, 11) is 3.00. The van der Waals surface area contributed by atoms with Crippen LogP contribution < -0.4 is 5.32 Å². The van der Waals surface area contributed by atoms with Crippen molar-refractivity contribution in [1.29, 1.82) is 0 Å². The minimum absolute atomic E-state index is 0.0148. The van der Waals surface area contributed by atoms with Gasteiger partial charge in [-0.15, -0.1) is 0 Å². The van der Waals surface area contributed by atoms with Gasteiger partial charge in [0.25, 0.3) is 5.91 Å². The van der Waals surface area contributed by atoms with E-state index in [1.165, 1.54) is 24.9 Å². The fraction of sp³-hybridized carbons (Fsp3) is 0.280. The first-order valence-electron chi connectivity index (χ1n) is 10.9. The van der Waals surface area contributed by atoms with Crippen LogP contribution in [0.5, 0.6) is 0 Å². The topological polar surface area (TPSA) is 114 Å². The van der Waals surface area contributed by atoms with Gasteiger partial charge in [0.1, 0.15) is 18.3 Å². The Morgan fingerprint density at radius 2 is 1.71 bits per heavy atom. The molecule has 9 nitrogen and oxygen atoms in total. The molecule has 2 amide bonds. The Morgan fingerprint density at radius 1 is 1.12 bits per heavy atom. The van der Waals surface area contributed by atoms with Crippen LogP contribution in [0.15, 0.2) is 54.7 Å². The quantitative estimate of drug-likeness (QED) is 0.558. The van der Waals surface area contributed by atoms with Crippen LogP contribution in [0.3, 0.4) is 0 Å². The molecule has 1 unspecified atom stereocenters. The second-order valence-electron chi connectivity index (χ2n) is 8.25. The number of hydrogen-bond donors (Lipinski definition) is 2. The van der Waals surface area contributed by atoms with Crippen molar-refractivity contribution in [2.75, 3.05) is 13.7 Å². The first-order valence-corrected chi connectivity index (χ1v) is 10.9. The molecule has 0 bridgehead atoms. The van der Waals surface area contributed by atoms with E-state index < -0.39 is 24.0 Å². The number of nitrogens with one attached hydrogen (secondary N) is 1. The first kappa shape index (κ1) is 23.0. The van der Waals surface area contributed by atoms with Gasteiger partial charge in [-0.2, -0.15) is 5.10 Å². The molecule has 0 saturated carbocycles. The number of aryl methyl sites for hydroxylation is 1. The van der Waals surface area contributed by atoms with Gasteiger partial charge in [0, 0.05) is 25.6 Å². The molecule has 1 aliphatic rings. The average Bonchev–Trinajstić information content (AvgIpc) is 3.37. The Hall–Kier alpha value is -4.14. The number of ether oxygens (including phenoxy) is 1. The summed E-state index contributed by atoms with van der Waals surface area (Å²) in [5.41, 5.74) is 5.19. The van der Waals surface area contributed by atoms with Crippen molar-refractivity contribution in [3.05, 3.63) is 77.1 Å². The number of carbonyl (C=O) groups is 3. The predicted octanol–water partition coefficient (Wildman–Crippen LogP) is 3.00. The normalized spacial score (nSPS) is 13.0. The number of carboxylic acids is 1. The zero-order chi connectivity index (χ0) is 24.4. The number of aliphatic carboxylic acids is 1. The fourth-order valence-electron chi connectivity index (χ4n) is 4.21. The Labute approximate surface area is 196 Å². The van der Waals surface area contributed by atoms with E-state index in [0.717, 1.165) is 27.2 Å². The monoisotopic (exact) mass is 462 g/mol. The largest absolute Gasteiger partial charge is 0.480 e. The smallest absolute Gasteiger partial charge is 0.407 e. The molecule has 1 atom stereocenters. The molecule has 3 aromatic rings. The van der Waals surface area contributed by atoms with Crippen LogP contribution in [-0.4, -0.2) is 57.5 Å². The molecule has 0 spiro atoms. The van der Waals surface area contributed by atoms with E-state index in [9.17, 15) is 19.5 Å². The highest BCUT2D eigenvalue weighted by Gasteiger charge is 2.30. The Balaban J connectivity index is 1.41. The number of benzene rings is 2. The number of fused-ring (bicyclic) bond motifs is 3. The van der Waals surface area contributed by atoms with Gasteiger partial charge in [0.15, 0.2) is 0 Å². The number of nitrogens with zero attached hydrogens (tertiary/aromatic N) is 3. The van der Waals surface area contributed by atoms with Crippen LogP contribution in [0.25, 0.3) is 11.1 Å². The first-order chi connectivity index (χ1) is 16.3. The average molecular weight is 463 g/mol. The van der Waals surface area contributed by atoms with Gasteiger partial charge in [-0.3, -0.25) is 9.48 Å². The molecule has 176 valence electrons. The third-order valence-electron chi connectivity index (χ3n) is 6.24. The summed E-state index contributed by atoms with van der Waals surface area (Å²) in [6.45, 7) is 1.61. The molecule has 1 aliphatic carbocycles. The van der Waals surface area contributed by atoms with E-state index in [0.29, 0.717) is 5.56 Å². The number of amides is 2. The van der Waals surface area contributed by atoms with Gasteiger partial charge < -0.3 is 20.1 Å². The fourth-order valence-corrected chi connectivity index (χ4v) is 4.21. The van der Waals surface area contributed by atoms with Crippen molar-refractivity contribution >= 4 is 18.0 Å². The summed E-state index contributed by atoms with van der Waals surface area (Å²) in [5.74, 6) is -1.67. The lowest BCUT2D eigenvalue weighted by Crippen LogP contribution is -2.41. The second-order valence-corrected chi connectivity index (χ2v) is 8.25. The summed E-state index contributed by atoms with van der Waals surface area (Å²) in [4.78, 5) is 37.7. The van der Waals surface area contributed by atoms with E-state index >= 15 is 0 Å². The van der Waals surface area contributed by atoms with Gasteiger partial charge in [0.2, 0.25) is 0 Å². The van der Waals surface area contributed by atoms with Gasteiger partial charge in [-0.1, -0.05) is 48.5 Å². The van der Waals surface area contributed by atoms with Crippen LogP contribution >= 0.6 is 0 Å². The number of alkyl carbamates (subject to hydrolysis) is 1. The summed E-state index contributed by atoms with van der Waals surface area (Å²) in [5, 5.41) is 16.0. The maximum atomic E-state index is 12.8. The molecule has 9 heteroatoms. The Bertz CT molecular complexity index is 1210. The number of hydrogen-bond acceptors (Lipinski definition) is 5. The third kappa shape index (κ3) is 4.24. The highest BCUT2D eigenvalue weighted by atomic mass is 16.5. The maximum Gasteiger partial charge on any atom is 0.407 e. The lowest BCUT2D eigenvalue weighted by molar-refractivity contribution is -0.141. The van der Waals surface area contributed by atoms with Crippen molar-refractivity contribution in [2.24, 2.45) is 7.05 Å². The molecule has 0 aliphatic heterocycles. The van der Waals surface area contributed by atoms with E-state index in [4.69, 9.17) is 4.74 Å². The van der Waals surface area contributed by atoms with E-state index in [2.05, 4.69) is 22.5 Å². The van der Waals surface area contributed by atoms with Crippen LogP contribution in [0.2, 0.25) is 0 Å². The third-order valence-corrected chi connectivity index (χ3v) is 6.24. The van der Waals surface area contributed by atoms with E-state index in [1.807, 2.05) is 36.4 Å². The van der Waals surface area contributed by atoms with Gasteiger partial charge >= 0.3 is 12.1 Å². The number of rotatable bonds is 7. The number of carbonyl (C=O) groups excluding carboxylic acids is 2. The zero-order valence-electron chi connectivity index (χ0n) is 19.2. The van der Waals surface area contributed by atoms with Crippen molar-refractivity contribution in [3.8, 4) is 11.1 Å². The molecule has 0 fully saturated rings. The molecule has 1 heterocycles. The number of aromatic nitrogens is 2.